The molecule has 0 spiro atoms. The molecule has 108 valence electrons. The Balaban J connectivity index is 1.87. The van der Waals surface area contributed by atoms with Crippen LogP contribution < -0.4 is 10.3 Å². The number of H-pyrrole nitrogens is 1. The average Bonchev–Trinajstić information content (AvgIpc) is 3.16. The van der Waals surface area contributed by atoms with Crippen LogP contribution in [-0.4, -0.2) is 18.1 Å². The number of nitrogens with zero attached hydrogens (tertiary/aromatic N) is 1. The first-order valence-corrected chi connectivity index (χ1v) is 8.15. The van der Waals surface area contributed by atoms with Crippen LogP contribution in [0.1, 0.15) is 19.3 Å². The fraction of sp³-hybridized carbons (Fsp3) is 0.312. The normalized spacial score (nSPS) is 15.7. The molecule has 3 aromatic heterocycles. The second-order valence-electron chi connectivity index (χ2n) is 5.39. The Hall–Kier alpha value is -2.01. The monoisotopic (exact) mass is 300 g/mol. The first-order chi connectivity index (χ1) is 10.3. The number of rotatable bonds is 2. The van der Waals surface area contributed by atoms with Gasteiger partial charge in [-0.1, -0.05) is 0 Å². The number of aromatic amines is 1. The fourth-order valence-electron chi connectivity index (χ4n) is 2.88. The molecule has 0 aromatic carbocycles. The van der Waals surface area contributed by atoms with E-state index < -0.39 is 0 Å². The Bertz CT molecular complexity index is 811. The first kappa shape index (κ1) is 12.7. The van der Waals surface area contributed by atoms with Crippen molar-refractivity contribution in [2.45, 2.75) is 19.3 Å². The minimum absolute atomic E-state index is 0.0552. The van der Waals surface area contributed by atoms with Crippen LogP contribution in [0.25, 0.3) is 21.5 Å². The van der Waals surface area contributed by atoms with Crippen LogP contribution in [-0.2, 0) is 0 Å². The summed E-state index contributed by atoms with van der Waals surface area (Å²) >= 11 is 1.45. The summed E-state index contributed by atoms with van der Waals surface area (Å²) in [4.78, 5) is 17.7. The molecule has 0 bridgehead atoms. The summed E-state index contributed by atoms with van der Waals surface area (Å²) in [5.74, 6) is 0.707. The third-order valence-electron chi connectivity index (χ3n) is 3.99. The van der Waals surface area contributed by atoms with Crippen molar-refractivity contribution >= 4 is 27.5 Å². The molecule has 0 amide bonds. The van der Waals surface area contributed by atoms with Gasteiger partial charge in [0.05, 0.1) is 5.56 Å². The Morgan fingerprint density at radius 3 is 2.86 bits per heavy atom. The van der Waals surface area contributed by atoms with Gasteiger partial charge in [-0.3, -0.25) is 4.79 Å². The summed E-state index contributed by atoms with van der Waals surface area (Å²) in [6.45, 7) is 1.94. The molecule has 5 heteroatoms. The summed E-state index contributed by atoms with van der Waals surface area (Å²) in [5.41, 5.74) is 2.71. The van der Waals surface area contributed by atoms with Crippen molar-refractivity contribution in [3.8, 4) is 11.3 Å². The van der Waals surface area contributed by atoms with Crippen molar-refractivity contribution in [3.05, 3.63) is 40.0 Å². The van der Waals surface area contributed by atoms with Crippen LogP contribution in [0.4, 0.5) is 5.88 Å². The number of piperidine rings is 1. The van der Waals surface area contributed by atoms with E-state index in [4.69, 9.17) is 4.42 Å². The van der Waals surface area contributed by atoms with Gasteiger partial charge in [0.15, 0.2) is 11.5 Å². The number of aromatic nitrogens is 1. The van der Waals surface area contributed by atoms with Gasteiger partial charge in [-0.25, -0.2) is 0 Å². The van der Waals surface area contributed by atoms with Crippen molar-refractivity contribution < 1.29 is 4.42 Å². The highest BCUT2D eigenvalue weighted by atomic mass is 32.1. The number of thiophene rings is 1. The number of nitrogens with one attached hydrogen (secondary N) is 1. The van der Waals surface area contributed by atoms with E-state index in [9.17, 15) is 4.79 Å². The molecule has 0 radical (unpaired) electrons. The topological polar surface area (TPSA) is 49.2 Å². The zero-order valence-corrected chi connectivity index (χ0v) is 12.4. The van der Waals surface area contributed by atoms with E-state index in [0.29, 0.717) is 16.2 Å². The highest BCUT2D eigenvalue weighted by Crippen LogP contribution is 2.34. The van der Waals surface area contributed by atoms with Crippen molar-refractivity contribution in [3.63, 3.8) is 0 Å². The molecule has 3 aromatic rings. The zero-order chi connectivity index (χ0) is 14.2. The minimum atomic E-state index is 0.0552. The van der Waals surface area contributed by atoms with Crippen molar-refractivity contribution in [1.29, 1.82) is 0 Å². The molecule has 0 unspecified atom stereocenters. The SMILES string of the molecule is O=c1cc(N2CCCCC2)oc2c(-c3ccc[nH]3)csc12. The molecule has 4 rings (SSSR count). The number of anilines is 1. The van der Waals surface area contributed by atoms with E-state index in [2.05, 4.69) is 9.88 Å². The second-order valence-corrected chi connectivity index (χ2v) is 6.27. The first-order valence-electron chi connectivity index (χ1n) is 7.27. The predicted molar refractivity (Wildman–Crippen MR) is 86.2 cm³/mol. The zero-order valence-electron chi connectivity index (χ0n) is 11.6. The standard InChI is InChI=1S/C16H16N2O2S/c19-13-9-14(18-7-2-1-3-8-18)20-15-11(10-21-16(13)15)12-5-4-6-17-12/h4-6,9-10,17H,1-3,7-8H2. The largest absolute Gasteiger partial charge is 0.439 e. The van der Waals surface area contributed by atoms with E-state index in [1.165, 1.54) is 17.8 Å². The van der Waals surface area contributed by atoms with Crippen molar-refractivity contribution in [2.24, 2.45) is 0 Å². The quantitative estimate of drug-likeness (QED) is 0.782. The van der Waals surface area contributed by atoms with Crippen LogP contribution in [0.5, 0.6) is 0 Å². The van der Waals surface area contributed by atoms with Crippen LogP contribution in [0, 0.1) is 0 Å². The molecule has 0 aliphatic carbocycles. The smallest absolute Gasteiger partial charge is 0.204 e. The van der Waals surface area contributed by atoms with Crippen LogP contribution in [0.3, 0.4) is 0 Å². The molecule has 0 atom stereocenters. The molecule has 1 aliphatic rings. The van der Waals surface area contributed by atoms with Gasteiger partial charge in [0.2, 0.25) is 5.43 Å². The lowest BCUT2D eigenvalue weighted by atomic mass is 10.1. The van der Waals surface area contributed by atoms with Crippen LogP contribution in [0.15, 0.2) is 39.0 Å². The summed E-state index contributed by atoms with van der Waals surface area (Å²) in [5, 5.41) is 1.99. The molecule has 4 heterocycles. The van der Waals surface area contributed by atoms with Gasteiger partial charge >= 0.3 is 0 Å². The predicted octanol–water partition coefficient (Wildman–Crippen LogP) is 3.84. The third-order valence-corrected chi connectivity index (χ3v) is 4.96. The lowest BCUT2D eigenvalue weighted by Crippen LogP contribution is -2.29. The lowest BCUT2D eigenvalue weighted by molar-refractivity contribution is 0.513. The van der Waals surface area contributed by atoms with Crippen LogP contribution in [0.2, 0.25) is 0 Å². The summed E-state index contributed by atoms with van der Waals surface area (Å²) in [6.07, 6.45) is 5.46. The van der Waals surface area contributed by atoms with Crippen molar-refractivity contribution in [2.75, 3.05) is 18.0 Å². The molecule has 1 N–H and O–H groups in total. The molecule has 0 saturated carbocycles. The van der Waals surface area contributed by atoms with Gasteiger partial charge in [-0.2, -0.15) is 0 Å². The van der Waals surface area contributed by atoms with E-state index in [-0.39, 0.29) is 5.43 Å². The number of hydrogen-bond acceptors (Lipinski definition) is 4. The maximum absolute atomic E-state index is 12.3. The molecular weight excluding hydrogens is 284 g/mol. The number of fused-ring (bicyclic) bond motifs is 1. The van der Waals surface area contributed by atoms with E-state index in [1.54, 1.807) is 6.07 Å². The molecule has 1 saturated heterocycles. The summed E-state index contributed by atoms with van der Waals surface area (Å²) < 4.78 is 6.79. The Morgan fingerprint density at radius 2 is 2.10 bits per heavy atom. The van der Waals surface area contributed by atoms with Crippen LogP contribution >= 0.6 is 11.3 Å². The molecular formula is C16H16N2O2S. The Kier molecular flexibility index (Phi) is 3.07. The lowest BCUT2D eigenvalue weighted by Gasteiger charge is -2.26. The van der Waals surface area contributed by atoms with Crippen molar-refractivity contribution in [1.82, 2.24) is 4.98 Å². The summed E-state index contributed by atoms with van der Waals surface area (Å²) in [7, 11) is 0. The van der Waals surface area contributed by atoms with Gasteiger partial charge in [-0.05, 0) is 31.4 Å². The van der Waals surface area contributed by atoms with Gasteiger partial charge in [-0.15, -0.1) is 11.3 Å². The Morgan fingerprint density at radius 1 is 1.24 bits per heavy atom. The highest BCUT2D eigenvalue weighted by molar-refractivity contribution is 7.17. The van der Waals surface area contributed by atoms with E-state index >= 15 is 0 Å². The van der Waals surface area contributed by atoms with Gasteiger partial charge < -0.3 is 14.3 Å². The van der Waals surface area contributed by atoms with E-state index in [1.807, 2.05) is 23.7 Å². The van der Waals surface area contributed by atoms with Gasteiger partial charge in [0, 0.05) is 36.4 Å². The second kappa shape index (κ2) is 5.07. The molecule has 1 fully saturated rings. The maximum atomic E-state index is 12.3. The fourth-order valence-corrected chi connectivity index (χ4v) is 3.79. The summed E-state index contributed by atoms with van der Waals surface area (Å²) in [6, 6.07) is 5.59. The van der Waals surface area contributed by atoms with Gasteiger partial charge in [0.1, 0.15) is 4.70 Å². The molecule has 1 aliphatic heterocycles. The average molecular weight is 300 g/mol. The molecule has 21 heavy (non-hydrogen) atoms. The van der Waals surface area contributed by atoms with E-state index in [0.717, 1.165) is 37.2 Å². The van der Waals surface area contributed by atoms with Gasteiger partial charge in [0.25, 0.3) is 0 Å². The maximum Gasteiger partial charge on any atom is 0.204 e. The molecule has 4 nitrogen and oxygen atoms in total. The Labute approximate surface area is 126 Å². The highest BCUT2D eigenvalue weighted by Gasteiger charge is 2.18. The number of hydrogen-bond donors (Lipinski definition) is 1. The minimum Gasteiger partial charge on any atom is -0.439 e. The third kappa shape index (κ3) is 2.17.